The lowest BCUT2D eigenvalue weighted by Gasteiger charge is -2.10. The fourth-order valence-corrected chi connectivity index (χ4v) is 2.09. The van der Waals surface area contributed by atoms with Crippen molar-refractivity contribution in [2.75, 3.05) is 5.32 Å². The van der Waals surface area contributed by atoms with E-state index in [2.05, 4.69) is 15.4 Å². The number of hydrogen-bond donors (Lipinski definition) is 1. The molecule has 0 atom stereocenters. The Bertz CT molecular complexity index is 748. The van der Waals surface area contributed by atoms with E-state index in [-0.39, 0.29) is 0 Å². The number of nitrogens with zero attached hydrogens (tertiary/aromatic N) is 3. The molecule has 1 aromatic heterocycles. The van der Waals surface area contributed by atoms with Crippen molar-refractivity contribution in [2.24, 2.45) is 0 Å². The third-order valence-corrected chi connectivity index (χ3v) is 3.33. The summed E-state index contributed by atoms with van der Waals surface area (Å²) in [5, 5.41) is 7.20. The monoisotopic (exact) mass is 318 g/mol. The first-order chi connectivity index (χ1) is 11.0. The third kappa shape index (κ3) is 3.68. The molecule has 1 N–H and O–H groups in total. The van der Waals surface area contributed by atoms with E-state index in [0.29, 0.717) is 6.54 Å². The minimum atomic E-state index is -4.30. The molecule has 0 bridgehead atoms. The molecule has 0 aliphatic rings. The van der Waals surface area contributed by atoms with Crippen LogP contribution in [0, 0.1) is 0 Å². The third-order valence-electron chi connectivity index (χ3n) is 3.33. The first-order valence-electron chi connectivity index (χ1n) is 6.87. The second kappa shape index (κ2) is 6.12. The summed E-state index contributed by atoms with van der Waals surface area (Å²) in [6.07, 6.45) is -1.25. The molecule has 0 aliphatic heterocycles. The Morgan fingerprint density at radius 1 is 0.957 bits per heavy atom. The zero-order chi connectivity index (χ0) is 16.3. The van der Waals surface area contributed by atoms with E-state index in [9.17, 15) is 13.2 Å². The number of rotatable bonds is 4. The molecule has 1 heterocycles. The van der Waals surface area contributed by atoms with E-state index >= 15 is 0 Å². The predicted molar refractivity (Wildman–Crippen MR) is 80.1 cm³/mol. The lowest BCUT2D eigenvalue weighted by atomic mass is 10.1. The van der Waals surface area contributed by atoms with Gasteiger partial charge in [-0.2, -0.15) is 18.3 Å². The van der Waals surface area contributed by atoms with Crippen molar-refractivity contribution >= 4 is 5.69 Å². The van der Waals surface area contributed by atoms with Crippen LogP contribution in [0.15, 0.2) is 61.2 Å². The Hall–Kier alpha value is -2.83. The zero-order valence-corrected chi connectivity index (χ0v) is 12.0. The van der Waals surface area contributed by atoms with Gasteiger partial charge in [0, 0.05) is 12.2 Å². The summed E-state index contributed by atoms with van der Waals surface area (Å²) in [4.78, 5) is 3.88. The molecule has 0 amide bonds. The average Bonchev–Trinajstić information content (AvgIpc) is 3.07. The highest BCUT2D eigenvalue weighted by Gasteiger charge is 2.29. The predicted octanol–water partition coefficient (Wildman–Crippen LogP) is 3.90. The molecule has 7 heteroatoms. The Morgan fingerprint density at radius 3 is 2.22 bits per heavy atom. The van der Waals surface area contributed by atoms with Crippen molar-refractivity contribution in [1.82, 2.24) is 14.8 Å². The topological polar surface area (TPSA) is 42.7 Å². The maximum absolute atomic E-state index is 12.5. The molecule has 0 aliphatic carbocycles. The van der Waals surface area contributed by atoms with Gasteiger partial charge in [0.2, 0.25) is 0 Å². The van der Waals surface area contributed by atoms with Crippen LogP contribution in [0.1, 0.15) is 11.1 Å². The average molecular weight is 318 g/mol. The van der Waals surface area contributed by atoms with Gasteiger partial charge in [-0.05, 0) is 42.0 Å². The van der Waals surface area contributed by atoms with Crippen molar-refractivity contribution in [1.29, 1.82) is 0 Å². The fourth-order valence-electron chi connectivity index (χ4n) is 2.09. The molecular weight excluding hydrogens is 305 g/mol. The lowest BCUT2D eigenvalue weighted by molar-refractivity contribution is -0.137. The van der Waals surface area contributed by atoms with Gasteiger partial charge in [0.25, 0.3) is 0 Å². The summed E-state index contributed by atoms with van der Waals surface area (Å²) in [5.41, 5.74) is 1.88. The van der Waals surface area contributed by atoms with Crippen molar-refractivity contribution in [3.05, 3.63) is 72.3 Å². The van der Waals surface area contributed by atoms with Gasteiger partial charge in [0.05, 0.1) is 11.3 Å². The number of nitrogens with one attached hydrogen (secondary N) is 1. The molecule has 0 radical (unpaired) electrons. The van der Waals surface area contributed by atoms with Gasteiger partial charge in [0.15, 0.2) is 0 Å². The molecule has 118 valence electrons. The van der Waals surface area contributed by atoms with Crippen LogP contribution in [-0.4, -0.2) is 14.8 Å². The molecule has 0 saturated heterocycles. The van der Waals surface area contributed by atoms with Crippen LogP contribution < -0.4 is 5.32 Å². The summed E-state index contributed by atoms with van der Waals surface area (Å²) in [6, 6.07) is 12.6. The van der Waals surface area contributed by atoms with Crippen LogP contribution in [0.25, 0.3) is 5.69 Å². The smallest absolute Gasteiger partial charge is 0.381 e. The van der Waals surface area contributed by atoms with Crippen LogP contribution >= 0.6 is 0 Å². The number of aromatic nitrogens is 3. The second-order valence-electron chi connectivity index (χ2n) is 4.94. The van der Waals surface area contributed by atoms with Gasteiger partial charge in [-0.15, -0.1) is 0 Å². The zero-order valence-electron chi connectivity index (χ0n) is 12.0. The summed E-state index contributed by atoms with van der Waals surface area (Å²) in [5.74, 6) is 0. The molecule has 0 fully saturated rings. The summed E-state index contributed by atoms with van der Waals surface area (Å²) < 4.78 is 39.1. The van der Waals surface area contributed by atoms with Gasteiger partial charge in [-0.3, -0.25) is 0 Å². The van der Waals surface area contributed by atoms with E-state index in [1.807, 2.05) is 24.3 Å². The molecular formula is C16H13F3N4. The van der Waals surface area contributed by atoms with Gasteiger partial charge in [-0.25, -0.2) is 9.67 Å². The first-order valence-corrected chi connectivity index (χ1v) is 6.87. The van der Waals surface area contributed by atoms with E-state index in [1.165, 1.54) is 18.5 Å². The Kier molecular flexibility index (Phi) is 4.01. The molecule has 0 unspecified atom stereocenters. The quantitative estimate of drug-likeness (QED) is 0.793. The Morgan fingerprint density at radius 2 is 1.65 bits per heavy atom. The highest BCUT2D eigenvalue weighted by Crippen LogP contribution is 2.29. The number of halogens is 3. The summed E-state index contributed by atoms with van der Waals surface area (Å²) in [7, 11) is 0. The molecule has 0 saturated carbocycles. The lowest BCUT2D eigenvalue weighted by Crippen LogP contribution is -2.05. The fraction of sp³-hybridized carbons (Fsp3) is 0.125. The van der Waals surface area contributed by atoms with Crippen LogP contribution in [0.3, 0.4) is 0 Å². The molecule has 3 aromatic rings. The van der Waals surface area contributed by atoms with Gasteiger partial charge in [-0.1, -0.05) is 12.1 Å². The van der Waals surface area contributed by atoms with Crippen molar-refractivity contribution < 1.29 is 13.2 Å². The highest BCUT2D eigenvalue weighted by molar-refractivity contribution is 5.48. The summed E-state index contributed by atoms with van der Waals surface area (Å²) >= 11 is 0. The number of hydrogen-bond acceptors (Lipinski definition) is 3. The molecule has 2 aromatic carbocycles. The van der Waals surface area contributed by atoms with Gasteiger partial charge >= 0.3 is 6.18 Å². The van der Waals surface area contributed by atoms with E-state index < -0.39 is 11.7 Å². The van der Waals surface area contributed by atoms with Crippen LogP contribution in [0.4, 0.5) is 18.9 Å². The van der Waals surface area contributed by atoms with Crippen LogP contribution in [0.5, 0.6) is 0 Å². The SMILES string of the molecule is FC(F)(F)c1ccc(CNc2ccc(-n3cncn3)cc2)cc1. The summed E-state index contributed by atoms with van der Waals surface area (Å²) in [6.45, 7) is 0.445. The minimum absolute atomic E-state index is 0.445. The first kappa shape index (κ1) is 15.1. The maximum atomic E-state index is 12.5. The highest BCUT2D eigenvalue weighted by atomic mass is 19.4. The molecule has 4 nitrogen and oxygen atoms in total. The van der Waals surface area contributed by atoms with E-state index in [0.717, 1.165) is 29.1 Å². The van der Waals surface area contributed by atoms with E-state index in [1.54, 1.807) is 11.0 Å². The van der Waals surface area contributed by atoms with Gasteiger partial charge < -0.3 is 5.32 Å². The normalized spacial score (nSPS) is 11.4. The maximum Gasteiger partial charge on any atom is 0.416 e. The molecule has 23 heavy (non-hydrogen) atoms. The van der Waals surface area contributed by atoms with Gasteiger partial charge in [0.1, 0.15) is 12.7 Å². The number of alkyl halides is 3. The largest absolute Gasteiger partial charge is 0.416 e. The number of anilines is 1. The van der Waals surface area contributed by atoms with Crippen LogP contribution in [-0.2, 0) is 12.7 Å². The van der Waals surface area contributed by atoms with Crippen molar-refractivity contribution in [2.45, 2.75) is 12.7 Å². The van der Waals surface area contributed by atoms with Crippen molar-refractivity contribution in [3.8, 4) is 5.69 Å². The number of benzene rings is 2. The standard InChI is InChI=1S/C16H13F3N4/c17-16(18,19)13-3-1-12(2-4-13)9-21-14-5-7-15(8-6-14)23-11-20-10-22-23/h1-8,10-11,21H,9H2. The minimum Gasteiger partial charge on any atom is -0.381 e. The van der Waals surface area contributed by atoms with Crippen LogP contribution in [0.2, 0.25) is 0 Å². The Balaban J connectivity index is 1.62. The Labute approximate surface area is 130 Å². The van der Waals surface area contributed by atoms with Crippen molar-refractivity contribution in [3.63, 3.8) is 0 Å². The molecule has 0 spiro atoms. The van der Waals surface area contributed by atoms with E-state index in [4.69, 9.17) is 0 Å². The second-order valence-corrected chi connectivity index (χ2v) is 4.94. The molecule has 3 rings (SSSR count).